The number of fused-ring (bicyclic) bond motifs is 9. The number of likely N-dealkylation sites (tertiary alicyclic amines) is 1. The molecule has 4 heterocycles. The Morgan fingerprint density at radius 1 is 1.00 bits per heavy atom. The van der Waals surface area contributed by atoms with Crippen LogP contribution in [0.2, 0.25) is 5.02 Å². The molecule has 1 N–H and O–H groups in total. The highest BCUT2D eigenvalue weighted by molar-refractivity contribution is 9.10. The van der Waals surface area contributed by atoms with E-state index >= 15 is 0 Å². The number of thioether (sulfide) groups is 1. The number of carbonyl (C=O) groups is 3. The number of hydrogen-bond acceptors (Lipinski definition) is 7. The van der Waals surface area contributed by atoms with Crippen molar-refractivity contribution in [2.24, 2.45) is 29.6 Å². The van der Waals surface area contributed by atoms with Crippen molar-refractivity contribution >= 4 is 74.0 Å². The predicted octanol–water partition coefficient (Wildman–Crippen LogP) is 5.92. The molecular weight excluding hydrogens is 686 g/mol. The fraction of sp³-hybridized carbons (Fsp3) is 0.438. The molecule has 3 aliphatic heterocycles. The monoisotopic (exact) mass is 713 g/mol. The normalized spacial score (nSPS) is 30.4. The number of ether oxygens (including phenoxy) is 1. The maximum Gasteiger partial charge on any atom is 0.305 e. The third-order valence-electron chi connectivity index (χ3n) is 10.2. The number of aromatic nitrogens is 1. The number of imide groups is 1. The van der Waals surface area contributed by atoms with Crippen LogP contribution in [0, 0.1) is 29.6 Å². The lowest BCUT2D eigenvalue weighted by Crippen LogP contribution is -2.43. The van der Waals surface area contributed by atoms with Gasteiger partial charge in [-0.3, -0.25) is 24.1 Å². The molecule has 2 saturated carbocycles. The Labute approximate surface area is 275 Å². The largest absolute Gasteiger partial charge is 0.483 e. The first-order chi connectivity index (χ1) is 21.3. The zero-order valence-electron chi connectivity index (χ0n) is 23.5. The number of thiazole rings is 1. The number of halogens is 2. The summed E-state index contributed by atoms with van der Waals surface area (Å²) in [6, 6.07) is 12.7. The van der Waals surface area contributed by atoms with Gasteiger partial charge < -0.3 is 14.6 Å². The minimum atomic E-state index is -0.415. The van der Waals surface area contributed by atoms with Crippen LogP contribution in [-0.2, 0) is 14.4 Å². The smallest absolute Gasteiger partial charge is 0.305 e. The first-order valence-corrected chi connectivity index (χ1v) is 17.9. The Balaban J connectivity index is 1.16. The molecule has 12 heteroatoms. The molecule has 228 valence electrons. The molecule has 1 aromatic heterocycles. The molecule has 8 rings (SSSR count). The summed E-state index contributed by atoms with van der Waals surface area (Å²) in [6.45, 7) is 1.45. The van der Waals surface area contributed by atoms with Gasteiger partial charge in [0.25, 0.3) is 5.91 Å². The topological polar surface area (TPSA) is 99.8 Å². The average Bonchev–Trinajstić information content (AvgIpc) is 3.76. The van der Waals surface area contributed by atoms with Gasteiger partial charge in [0.15, 0.2) is 6.61 Å². The Morgan fingerprint density at radius 3 is 2.48 bits per heavy atom. The molecule has 2 saturated heterocycles. The Morgan fingerprint density at radius 2 is 1.73 bits per heavy atom. The maximum atomic E-state index is 14.0. The number of nitrogens with zero attached hydrogens (tertiary/aromatic N) is 2. The Kier molecular flexibility index (Phi) is 7.23. The average molecular weight is 715 g/mol. The van der Waals surface area contributed by atoms with Crippen LogP contribution in [0.15, 0.2) is 56.8 Å². The summed E-state index contributed by atoms with van der Waals surface area (Å²) in [7, 11) is 0. The summed E-state index contributed by atoms with van der Waals surface area (Å²) in [4.78, 5) is 60.8. The van der Waals surface area contributed by atoms with Crippen molar-refractivity contribution in [3.63, 3.8) is 0 Å². The van der Waals surface area contributed by atoms with Gasteiger partial charge >= 0.3 is 4.87 Å². The van der Waals surface area contributed by atoms with E-state index < -0.39 is 5.92 Å². The van der Waals surface area contributed by atoms with Crippen LogP contribution in [0.4, 0.5) is 5.69 Å². The lowest BCUT2D eigenvalue weighted by Gasteiger charge is -2.43. The van der Waals surface area contributed by atoms with E-state index in [1.165, 1.54) is 16.2 Å². The van der Waals surface area contributed by atoms with Gasteiger partial charge in [-0.05, 0) is 85.9 Å². The van der Waals surface area contributed by atoms with Crippen LogP contribution in [0.3, 0.4) is 0 Å². The van der Waals surface area contributed by atoms with Crippen molar-refractivity contribution in [2.75, 3.05) is 24.6 Å². The highest BCUT2D eigenvalue weighted by Crippen LogP contribution is 2.69. The third kappa shape index (κ3) is 4.52. The van der Waals surface area contributed by atoms with Crippen molar-refractivity contribution in [1.82, 2.24) is 9.88 Å². The predicted molar refractivity (Wildman–Crippen MR) is 173 cm³/mol. The fourth-order valence-corrected chi connectivity index (χ4v) is 11.9. The number of rotatable bonds is 5. The number of benzene rings is 2. The highest BCUT2D eigenvalue weighted by Gasteiger charge is 2.69. The summed E-state index contributed by atoms with van der Waals surface area (Å²) in [5.74, 6) is -0.742. The second-order valence-corrected chi connectivity index (χ2v) is 15.9. The minimum absolute atomic E-state index is 0.00463. The number of aromatic amines is 1. The first-order valence-electron chi connectivity index (χ1n) is 15.0. The van der Waals surface area contributed by atoms with E-state index in [4.69, 9.17) is 16.3 Å². The number of anilines is 1. The number of hydrogen-bond donors (Lipinski definition) is 1. The number of H-pyrrole nitrogens is 1. The Hall–Kier alpha value is -2.60. The van der Waals surface area contributed by atoms with E-state index in [1.807, 2.05) is 23.1 Å². The second kappa shape index (κ2) is 11.0. The van der Waals surface area contributed by atoms with Gasteiger partial charge in [-0.25, -0.2) is 0 Å². The van der Waals surface area contributed by atoms with Crippen LogP contribution < -0.4 is 14.5 Å². The Bertz CT molecular complexity index is 1740. The van der Waals surface area contributed by atoms with Gasteiger partial charge in [0.2, 0.25) is 11.8 Å². The van der Waals surface area contributed by atoms with Gasteiger partial charge in [0.1, 0.15) is 5.75 Å². The van der Waals surface area contributed by atoms with E-state index in [9.17, 15) is 19.2 Å². The molecule has 44 heavy (non-hydrogen) atoms. The molecule has 0 radical (unpaired) electrons. The van der Waals surface area contributed by atoms with Gasteiger partial charge in [-0.15, -0.1) is 11.8 Å². The summed E-state index contributed by atoms with van der Waals surface area (Å²) < 4.78 is 7.14. The maximum absolute atomic E-state index is 14.0. The molecule has 5 aliphatic rings. The molecule has 2 bridgehead atoms. The van der Waals surface area contributed by atoms with Crippen LogP contribution >= 0.6 is 50.6 Å². The number of carbonyl (C=O) groups excluding carboxylic acids is 3. The van der Waals surface area contributed by atoms with Crippen LogP contribution in [0.5, 0.6) is 5.75 Å². The van der Waals surface area contributed by atoms with E-state index in [2.05, 4.69) is 20.9 Å². The lowest BCUT2D eigenvalue weighted by molar-refractivity contribution is -0.134. The summed E-state index contributed by atoms with van der Waals surface area (Å²) in [6.07, 6.45) is 3.95. The molecule has 2 aromatic carbocycles. The van der Waals surface area contributed by atoms with E-state index in [0.29, 0.717) is 16.5 Å². The van der Waals surface area contributed by atoms with Crippen molar-refractivity contribution in [2.45, 2.75) is 41.9 Å². The van der Waals surface area contributed by atoms with Gasteiger partial charge in [-0.2, -0.15) is 0 Å². The number of amides is 3. The lowest BCUT2D eigenvalue weighted by atomic mass is 9.68. The van der Waals surface area contributed by atoms with E-state index in [-0.39, 0.29) is 64.0 Å². The van der Waals surface area contributed by atoms with E-state index in [1.54, 1.807) is 36.0 Å². The van der Waals surface area contributed by atoms with Crippen LogP contribution in [0.1, 0.15) is 42.0 Å². The molecule has 0 unspecified atom stereocenters. The molecule has 2 aliphatic carbocycles. The van der Waals surface area contributed by atoms with E-state index in [0.717, 1.165) is 58.7 Å². The molecule has 0 spiro atoms. The fourth-order valence-electron chi connectivity index (χ4n) is 8.48. The summed E-state index contributed by atoms with van der Waals surface area (Å²) in [5, 5.41) is 1.42. The van der Waals surface area contributed by atoms with Gasteiger partial charge in [0.05, 0.1) is 22.5 Å². The summed E-state index contributed by atoms with van der Waals surface area (Å²) >= 11 is 12.6. The molecule has 7 atom stereocenters. The minimum Gasteiger partial charge on any atom is -0.483 e. The molecular formula is C32H29BrClN3O5S2. The third-order valence-corrected chi connectivity index (χ3v) is 13.5. The number of piperidine rings is 1. The van der Waals surface area contributed by atoms with Crippen LogP contribution in [0.25, 0.3) is 0 Å². The zero-order chi connectivity index (χ0) is 30.3. The first kappa shape index (κ1) is 28.8. The van der Waals surface area contributed by atoms with Crippen LogP contribution in [-0.4, -0.2) is 52.6 Å². The molecule has 3 amide bonds. The molecule has 3 aromatic rings. The number of nitrogens with one attached hydrogen (secondary N) is 1. The van der Waals surface area contributed by atoms with Crippen molar-refractivity contribution in [1.29, 1.82) is 0 Å². The molecule has 8 nitrogen and oxygen atoms in total. The quantitative estimate of drug-likeness (QED) is 0.330. The standard InChI is InChI=1S/C32H29BrClN3O5S2/c33-15-4-9-21(42-14-22(38)36-10-2-1-3-11-36)18(12-15)23-24-19-13-20(27(24)43-29-28(23)44-32(41)35-29)26-25(19)30(39)37(31(26)40)17-7-5-16(34)6-8-17/h4-9,12,19-20,23-27H,1-3,10-11,13-14H2,(H,35,41)/t19-,20-,23+,24-,25+,26+,27-/m1/s1. The van der Waals surface area contributed by atoms with Crippen molar-refractivity contribution in [3.8, 4) is 5.75 Å². The second-order valence-electron chi connectivity index (χ2n) is 12.4. The van der Waals surface area contributed by atoms with Crippen molar-refractivity contribution in [3.05, 3.63) is 72.1 Å². The zero-order valence-corrected chi connectivity index (χ0v) is 27.5. The highest BCUT2D eigenvalue weighted by atomic mass is 79.9. The SMILES string of the molecule is O=C(COc1ccc(Br)cc1[C@@H]1c2sc(=O)[nH]c2S[C@@H]2[C@@H]3C[C@@H]([C@@H]4C(=O)N(c5ccc(Cl)cc5)C(=O)[C@@H]34)[C@H]12)N1CCCCC1. The van der Waals surface area contributed by atoms with Crippen molar-refractivity contribution < 1.29 is 19.1 Å². The van der Waals surface area contributed by atoms with Gasteiger partial charge in [0, 0.05) is 44.2 Å². The van der Waals surface area contributed by atoms with Gasteiger partial charge in [-0.1, -0.05) is 38.9 Å². The summed E-state index contributed by atoms with van der Waals surface area (Å²) in [5.41, 5.74) is 1.45. The molecule has 4 fully saturated rings.